The highest BCUT2D eigenvalue weighted by Gasteiger charge is 2.25. The van der Waals surface area contributed by atoms with E-state index in [0.29, 0.717) is 17.4 Å². The first kappa shape index (κ1) is 88.5. The van der Waals surface area contributed by atoms with Gasteiger partial charge in [0, 0.05) is 12.8 Å². The maximum Gasteiger partial charge on any atom is 0.361 e. The molecule has 2 unspecified atom stereocenters. The maximum atomic E-state index is 13.0. The second-order valence-corrected chi connectivity index (χ2v) is 28.7. The molecule has 0 aromatic carbocycles. The molecule has 0 aliphatic carbocycles. The zero-order chi connectivity index (χ0) is 66.1. The molecule has 1 N–H and O–H groups in total. The highest BCUT2D eigenvalue weighted by Crippen LogP contribution is 2.20. The fourth-order valence-electron chi connectivity index (χ4n) is 12.3. The van der Waals surface area contributed by atoms with Gasteiger partial charge < -0.3 is 28.5 Å². The molecule has 0 aliphatic heterocycles. The molecule has 0 spiro atoms. The van der Waals surface area contributed by atoms with Crippen molar-refractivity contribution in [3.05, 3.63) is 36.5 Å². The fourth-order valence-corrected chi connectivity index (χ4v) is 12.3. The van der Waals surface area contributed by atoms with E-state index in [-0.39, 0.29) is 38.2 Å². The largest absolute Gasteiger partial charge is 0.477 e. The van der Waals surface area contributed by atoms with Crippen LogP contribution in [-0.2, 0) is 33.3 Å². The van der Waals surface area contributed by atoms with E-state index in [1.54, 1.807) is 0 Å². The Balaban J connectivity index is 3.97. The highest BCUT2D eigenvalue weighted by atomic mass is 16.7. The number of quaternary nitrogens is 1. The van der Waals surface area contributed by atoms with E-state index in [4.69, 9.17) is 18.9 Å². The van der Waals surface area contributed by atoms with E-state index >= 15 is 0 Å². The number of ether oxygens (including phenoxy) is 4. The van der Waals surface area contributed by atoms with E-state index < -0.39 is 18.4 Å². The number of esters is 2. The molecule has 0 heterocycles. The summed E-state index contributed by atoms with van der Waals surface area (Å²) >= 11 is 0. The van der Waals surface area contributed by atoms with Gasteiger partial charge in [-0.25, -0.2) is 4.79 Å². The van der Waals surface area contributed by atoms with E-state index in [9.17, 15) is 19.5 Å². The van der Waals surface area contributed by atoms with Crippen LogP contribution in [0, 0.1) is 0 Å². The molecule has 0 aromatic rings. The molecule has 536 valence electrons. The topological polar surface area (TPSA) is 108 Å². The van der Waals surface area contributed by atoms with Crippen molar-refractivity contribution in [2.75, 3.05) is 47.5 Å². The van der Waals surface area contributed by atoms with Gasteiger partial charge in [0.15, 0.2) is 6.10 Å². The van der Waals surface area contributed by atoms with E-state index in [1.807, 2.05) is 21.1 Å². The van der Waals surface area contributed by atoms with Crippen molar-refractivity contribution in [1.29, 1.82) is 0 Å². The Hall–Kier alpha value is -2.49. The molecule has 0 saturated carbocycles. The van der Waals surface area contributed by atoms with Crippen LogP contribution in [0.5, 0.6) is 0 Å². The summed E-state index contributed by atoms with van der Waals surface area (Å²) in [4.78, 5) is 37.7. The molecule has 0 radical (unpaired) electrons. The SMILES string of the molecule is CCCCCCC/C=C\C/C=C\C/C=C\CCCCCCCCCCCCCCCCCCC(=O)OC(COC(=O)CCCCCCCCCCCCCCCCCCCCCCCCCCCCCCCCCCCCC)COC(OCC[N+](C)(C)C)C(=O)O. The van der Waals surface area contributed by atoms with Gasteiger partial charge in [0.2, 0.25) is 0 Å². The molecular weight excluding hydrogens is 1130 g/mol. The second-order valence-electron chi connectivity index (χ2n) is 28.7. The summed E-state index contributed by atoms with van der Waals surface area (Å²) in [5.41, 5.74) is 0. The lowest BCUT2D eigenvalue weighted by molar-refractivity contribution is -0.870. The monoisotopic (exact) mass is 1280 g/mol. The lowest BCUT2D eigenvalue weighted by atomic mass is 10.0. The number of nitrogens with zero attached hydrogens (tertiary/aromatic N) is 1. The second kappa shape index (κ2) is 73.3. The van der Waals surface area contributed by atoms with Gasteiger partial charge in [-0.05, 0) is 51.4 Å². The molecule has 9 nitrogen and oxygen atoms in total. The van der Waals surface area contributed by atoms with Gasteiger partial charge in [-0.2, -0.15) is 0 Å². The third kappa shape index (κ3) is 74.8. The van der Waals surface area contributed by atoms with Gasteiger partial charge in [0.25, 0.3) is 6.29 Å². The average molecular weight is 1280 g/mol. The normalized spacial score (nSPS) is 12.8. The Bertz CT molecular complexity index is 1590. The van der Waals surface area contributed by atoms with Crippen LogP contribution in [0.15, 0.2) is 36.5 Å². The first-order valence-corrected chi connectivity index (χ1v) is 40.2. The van der Waals surface area contributed by atoms with Crippen molar-refractivity contribution < 1.29 is 42.9 Å². The van der Waals surface area contributed by atoms with Gasteiger partial charge in [-0.3, -0.25) is 9.59 Å². The number of hydrogen-bond donors (Lipinski definition) is 1. The third-order valence-electron chi connectivity index (χ3n) is 18.4. The molecule has 0 saturated heterocycles. The number of carboxylic acids is 1. The number of rotatable bonds is 76. The van der Waals surface area contributed by atoms with Gasteiger partial charge in [0.1, 0.15) is 13.2 Å². The van der Waals surface area contributed by atoms with Crippen LogP contribution in [0.4, 0.5) is 0 Å². The fraction of sp³-hybridized carbons (Fsp3) is 0.890. The smallest absolute Gasteiger partial charge is 0.361 e. The molecule has 0 aromatic heterocycles. The third-order valence-corrected chi connectivity index (χ3v) is 18.4. The summed E-state index contributed by atoms with van der Waals surface area (Å²) in [5, 5.41) is 9.77. The molecule has 0 rings (SSSR count). The standard InChI is InChI=1S/C82H155NO8/c1-6-8-10-12-14-16-18-20-22-24-26-28-30-32-34-36-38-39-40-41-43-44-46-48-50-52-54-56-58-60-62-64-66-68-70-72-79(84)89-76-78(77-90-82(81(86)87)88-75-74-83(3,4)5)91-80(85)73-71-69-67-65-63-61-59-57-55-53-51-49-47-45-42-37-35-33-31-29-27-25-23-21-19-17-15-13-11-9-7-2/h19,21,25,27,31,33,78,82H,6-18,20,22-24,26,28-30,32,34-77H2,1-5H3/p+1/b21-19-,27-25-,33-31-. The summed E-state index contributed by atoms with van der Waals surface area (Å²) in [6, 6.07) is 0. The van der Waals surface area contributed by atoms with Crippen LogP contribution in [0.25, 0.3) is 0 Å². The molecule has 0 bridgehead atoms. The molecule has 0 aliphatic rings. The summed E-state index contributed by atoms with van der Waals surface area (Å²) in [5.74, 6) is -1.97. The summed E-state index contributed by atoms with van der Waals surface area (Å²) in [6.45, 7) is 4.95. The van der Waals surface area contributed by atoms with E-state index in [0.717, 1.165) is 51.4 Å². The highest BCUT2D eigenvalue weighted by molar-refractivity contribution is 5.71. The van der Waals surface area contributed by atoms with Gasteiger partial charge in [-0.1, -0.05) is 384 Å². The van der Waals surface area contributed by atoms with Gasteiger partial charge in [0.05, 0.1) is 34.4 Å². The lowest BCUT2D eigenvalue weighted by Gasteiger charge is -2.25. The Morgan fingerprint density at radius 2 is 0.593 bits per heavy atom. The molecule has 9 heteroatoms. The van der Waals surface area contributed by atoms with E-state index in [1.165, 1.54) is 334 Å². The zero-order valence-electron chi connectivity index (χ0n) is 61.5. The predicted octanol–water partition coefficient (Wildman–Crippen LogP) is 25.5. The van der Waals surface area contributed by atoms with Crippen LogP contribution < -0.4 is 0 Å². The molecule has 91 heavy (non-hydrogen) atoms. The molecule has 2 atom stereocenters. The summed E-state index contributed by atoms with van der Waals surface area (Å²) in [6.07, 6.45) is 91.6. The minimum atomic E-state index is -1.51. The Kier molecular flexibility index (Phi) is 71.3. The van der Waals surface area contributed by atoms with Crippen LogP contribution in [0.1, 0.15) is 412 Å². The average Bonchev–Trinajstić information content (AvgIpc) is 3.65. The Morgan fingerprint density at radius 3 is 0.879 bits per heavy atom. The lowest BCUT2D eigenvalue weighted by Crippen LogP contribution is -2.40. The van der Waals surface area contributed by atoms with Crippen LogP contribution in [-0.4, -0.2) is 87.4 Å². The quantitative estimate of drug-likeness (QED) is 0.0211. The Labute approximate surface area is 566 Å². The minimum absolute atomic E-state index is 0.176. The Morgan fingerprint density at radius 1 is 0.330 bits per heavy atom. The minimum Gasteiger partial charge on any atom is -0.477 e. The van der Waals surface area contributed by atoms with Gasteiger partial charge in [-0.15, -0.1) is 0 Å². The molecule has 0 fully saturated rings. The first-order chi connectivity index (χ1) is 44.6. The number of unbranched alkanes of at least 4 members (excludes halogenated alkanes) is 55. The number of carbonyl (C=O) groups is 3. The molecular formula is C82H156NO8+. The zero-order valence-corrected chi connectivity index (χ0v) is 61.5. The van der Waals surface area contributed by atoms with Crippen molar-refractivity contribution in [1.82, 2.24) is 0 Å². The van der Waals surface area contributed by atoms with Crippen molar-refractivity contribution in [3.8, 4) is 0 Å². The van der Waals surface area contributed by atoms with Crippen LogP contribution >= 0.6 is 0 Å². The van der Waals surface area contributed by atoms with E-state index in [2.05, 4.69) is 50.3 Å². The first-order valence-electron chi connectivity index (χ1n) is 40.2. The maximum absolute atomic E-state index is 13.0. The number of carbonyl (C=O) groups excluding carboxylic acids is 2. The van der Waals surface area contributed by atoms with Gasteiger partial charge >= 0.3 is 17.9 Å². The number of hydrogen-bond acceptors (Lipinski definition) is 7. The van der Waals surface area contributed by atoms with Crippen molar-refractivity contribution in [3.63, 3.8) is 0 Å². The van der Waals surface area contributed by atoms with Crippen molar-refractivity contribution >= 4 is 17.9 Å². The number of likely N-dealkylation sites (N-methyl/N-ethyl adjacent to an activating group) is 1. The summed E-state index contributed by atoms with van der Waals surface area (Å²) in [7, 11) is 6.00. The van der Waals surface area contributed by atoms with Crippen LogP contribution in [0.3, 0.4) is 0 Å². The van der Waals surface area contributed by atoms with Crippen molar-refractivity contribution in [2.45, 2.75) is 424 Å². The number of carboxylic acid groups (broad SMARTS) is 1. The number of aliphatic carboxylic acids is 1. The molecule has 0 amide bonds. The summed E-state index contributed by atoms with van der Waals surface area (Å²) < 4.78 is 23.1. The predicted molar refractivity (Wildman–Crippen MR) is 392 cm³/mol. The van der Waals surface area contributed by atoms with Crippen molar-refractivity contribution in [2.24, 2.45) is 0 Å². The number of allylic oxidation sites excluding steroid dienone is 6. The van der Waals surface area contributed by atoms with Crippen LogP contribution in [0.2, 0.25) is 0 Å².